The number of alkyl halides is 7. The summed E-state index contributed by atoms with van der Waals surface area (Å²) in [6.07, 6.45) is -3.55. The van der Waals surface area contributed by atoms with Gasteiger partial charge in [0.15, 0.2) is 0 Å². The molecule has 0 aromatic carbocycles. The lowest BCUT2D eigenvalue weighted by molar-refractivity contribution is -0.000811. The van der Waals surface area contributed by atoms with Crippen molar-refractivity contribution in [1.82, 2.24) is 0 Å². The molecule has 0 aromatic heterocycles. The van der Waals surface area contributed by atoms with E-state index in [1.807, 2.05) is 15.9 Å². The average Bonchev–Trinajstić information content (AvgIpc) is 1.62. The summed E-state index contributed by atoms with van der Waals surface area (Å²) in [4.78, 5) is 0. The fourth-order valence-corrected chi connectivity index (χ4v) is 0.379. The molecule has 0 saturated carbocycles. The van der Waals surface area contributed by atoms with Crippen LogP contribution in [0, 0.1) is 0 Å². The molecule has 2 unspecified atom stereocenters. The van der Waals surface area contributed by atoms with Crippen LogP contribution in [0.3, 0.4) is 0 Å². The Kier molecular flexibility index (Phi) is 3.45. The van der Waals surface area contributed by atoms with Gasteiger partial charge in [-0.05, 0) is 31.9 Å². The first-order chi connectivity index (χ1) is 4.19. The SMILES string of the molecule is FC(F)C(F)(Br)C(F)(Cl)Br. The minimum absolute atomic E-state index is 1.80. The molecule has 0 aliphatic rings. The lowest BCUT2D eigenvalue weighted by Crippen LogP contribution is -2.39. The van der Waals surface area contributed by atoms with E-state index in [1.54, 1.807) is 15.9 Å². The van der Waals surface area contributed by atoms with Gasteiger partial charge in [0.1, 0.15) is 0 Å². The highest BCUT2D eigenvalue weighted by molar-refractivity contribution is 9.13. The van der Waals surface area contributed by atoms with E-state index in [4.69, 9.17) is 0 Å². The van der Waals surface area contributed by atoms with Gasteiger partial charge in [-0.15, -0.1) is 0 Å². The van der Waals surface area contributed by atoms with Crippen molar-refractivity contribution >= 4 is 43.5 Å². The van der Waals surface area contributed by atoms with Crippen molar-refractivity contribution in [2.24, 2.45) is 0 Å². The van der Waals surface area contributed by atoms with Gasteiger partial charge in [-0.25, -0.2) is 17.6 Å². The predicted molar refractivity (Wildman–Crippen MR) is 37.4 cm³/mol. The van der Waals surface area contributed by atoms with E-state index in [0.717, 1.165) is 0 Å². The normalized spacial score (nSPS) is 24.0. The fourth-order valence-electron chi connectivity index (χ4n) is 0.124. The van der Waals surface area contributed by atoms with Gasteiger partial charge in [-0.1, -0.05) is 11.6 Å². The van der Waals surface area contributed by atoms with E-state index in [2.05, 4.69) is 11.6 Å². The summed E-state index contributed by atoms with van der Waals surface area (Å²) in [6.45, 7) is 0. The largest absolute Gasteiger partial charge is 0.287 e. The van der Waals surface area contributed by atoms with Crippen LogP contribution in [0.4, 0.5) is 17.6 Å². The molecule has 0 bridgehead atoms. The van der Waals surface area contributed by atoms with Crippen molar-refractivity contribution < 1.29 is 17.6 Å². The third-order valence-corrected chi connectivity index (χ3v) is 3.16. The highest BCUT2D eigenvalue weighted by Crippen LogP contribution is 2.48. The van der Waals surface area contributed by atoms with E-state index >= 15 is 0 Å². The van der Waals surface area contributed by atoms with Crippen LogP contribution in [0.1, 0.15) is 0 Å². The maximum absolute atomic E-state index is 12.3. The number of rotatable bonds is 2. The van der Waals surface area contributed by atoms with Gasteiger partial charge in [0.05, 0.1) is 0 Å². The van der Waals surface area contributed by atoms with Gasteiger partial charge in [0, 0.05) is 0 Å². The Bertz CT molecular complexity index is 120. The predicted octanol–water partition coefficient (Wildman–Crippen LogP) is 3.57. The summed E-state index contributed by atoms with van der Waals surface area (Å²) in [5.74, 6) is 0. The first-order valence-corrected chi connectivity index (χ1v) is 3.88. The maximum atomic E-state index is 12.3. The fraction of sp³-hybridized carbons (Fsp3) is 1.00. The van der Waals surface area contributed by atoms with E-state index in [-0.39, 0.29) is 0 Å². The minimum Gasteiger partial charge on any atom is -0.219 e. The third-order valence-electron chi connectivity index (χ3n) is 0.652. The summed E-state index contributed by atoms with van der Waals surface area (Å²) in [6, 6.07) is 0. The van der Waals surface area contributed by atoms with E-state index in [1.165, 1.54) is 0 Å². The highest BCUT2D eigenvalue weighted by Gasteiger charge is 2.56. The standard InChI is InChI=1S/C3HBr2ClF4/c4-2(9,1(7)8)3(5,6)10/h1H. The molecule has 0 rings (SSSR count). The molecule has 0 spiro atoms. The number of hydrogen-bond acceptors (Lipinski definition) is 0. The summed E-state index contributed by atoms with van der Waals surface area (Å²) in [7, 11) is 0. The molecule has 0 aliphatic heterocycles. The molecule has 0 N–H and O–H groups in total. The third kappa shape index (κ3) is 2.23. The van der Waals surface area contributed by atoms with Crippen molar-refractivity contribution in [3.05, 3.63) is 0 Å². The van der Waals surface area contributed by atoms with Crippen LogP contribution in [-0.2, 0) is 0 Å². The van der Waals surface area contributed by atoms with Crippen LogP contribution in [0.5, 0.6) is 0 Å². The molecule has 0 saturated heterocycles. The van der Waals surface area contributed by atoms with E-state index in [9.17, 15) is 17.6 Å². The summed E-state index contributed by atoms with van der Waals surface area (Å²) in [5, 5.41) is 0. The Morgan fingerprint density at radius 1 is 1.20 bits per heavy atom. The molecule has 0 heterocycles. The topological polar surface area (TPSA) is 0 Å². The van der Waals surface area contributed by atoms with Crippen molar-refractivity contribution in [1.29, 1.82) is 0 Å². The van der Waals surface area contributed by atoms with Crippen LogP contribution in [-0.4, -0.2) is 15.0 Å². The smallest absolute Gasteiger partial charge is 0.219 e. The Morgan fingerprint density at radius 3 is 1.50 bits per heavy atom. The van der Waals surface area contributed by atoms with E-state index in [0.29, 0.717) is 0 Å². The quantitative estimate of drug-likeness (QED) is 0.540. The number of halogens is 7. The minimum atomic E-state index is -3.57. The van der Waals surface area contributed by atoms with Gasteiger partial charge in [-0.3, -0.25) is 0 Å². The molecule has 0 aliphatic carbocycles. The van der Waals surface area contributed by atoms with Crippen molar-refractivity contribution in [2.75, 3.05) is 0 Å². The zero-order valence-electron chi connectivity index (χ0n) is 4.22. The van der Waals surface area contributed by atoms with Crippen molar-refractivity contribution in [3.8, 4) is 0 Å². The van der Waals surface area contributed by atoms with Crippen LogP contribution >= 0.6 is 43.5 Å². The van der Waals surface area contributed by atoms with Gasteiger partial charge in [0.25, 0.3) is 15.0 Å². The first-order valence-electron chi connectivity index (χ1n) is 1.92. The van der Waals surface area contributed by atoms with Gasteiger partial charge < -0.3 is 0 Å². The zero-order valence-corrected chi connectivity index (χ0v) is 8.15. The summed E-state index contributed by atoms with van der Waals surface area (Å²) in [5.41, 5.74) is 0. The Balaban J connectivity index is 4.40. The van der Waals surface area contributed by atoms with Crippen LogP contribution in [0.2, 0.25) is 0 Å². The van der Waals surface area contributed by atoms with Gasteiger partial charge in [-0.2, -0.15) is 0 Å². The molecule has 0 fully saturated rings. The lowest BCUT2D eigenvalue weighted by Gasteiger charge is -2.23. The second-order valence-corrected chi connectivity index (χ2v) is 4.65. The van der Waals surface area contributed by atoms with Crippen molar-refractivity contribution in [2.45, 2.75) is 15.0 Å². The monoisotopic (exact) mass is 306 g/mol. The Morgan fingerprint density at radius 2 is 1.50 bits per heavy atom. The Labute approximate surface area is 76.2 Å². The van der Waals surface area contributed by atoms with Crippen LogP contribution < -0.4 is 0 Å². The first kappa shape index (κ1) is 11.0. The molecule has 0 nitrogen and oxygen atoms in total. The zero-order chi connectivity index (χ0) is 8.58. The van der Waals surface area contributed by atoms with Gasteiger partial charge >= 0.3 is 0 Å². The molecular weight excluding hydrogens is 307 g/mol. The molecule has 2 atom stereocenters. The molecule has 7 heteroatoms. The molecule has 62 valence electrons. The highest BCUT2D eigenvalue weighted by atomic mass is 79.9. The molecule has 0 aromatic rings. The molecular formula is C3HBr2ClF4. The van der Waals surface area contributed by atoms with Crippen LogP contribution in [0.15, 0.2) is 0 Å². The molecule has 0 radical (unpaired) electrons. The second kappa shape index (κ2) is 3.15. The second-order valence-electron chi connectivity index (χ2n) is 1.42. The summed E-state index contributed by atoms with van der Waals surface area (Å²) >= 11 is 8.26. The average molecular weight is 308 g/mol. The maximum Gasteiger partial charge on any atom is 0.287 e. The lowest BCUT2D eigenvalue weighted by atomic mass is 10.4. The van der Waals surface area contributed by atoms with E-state index < -0.39 is 15.0 Å². The van der Waals surface area contributed by atoms with Crippen molar-refractivity contribution in [3.63, 3.8) is 0 Å². The van der Waals surface area contributed by atoms with Crippen LogP contribution in [0.25, 0.3) is 0 Å². The molecule has 10 heavy (non-hydrogen) atoms. The Hall–Kier alpha value is 0.970. The molecule has 0 amide bonds. The van der Waals surface area contributed by atoms with Gasteiger partial charge in [0.2, 0.25) is 0 Å². The summed E-state index contributed by atoms with van der Waals surface area (Å²) < 4.78 is 40.7. The number of hydrogen-bond donors (Lipinski definition) is 0.